The molecule has 98 valence electrons. The summed E-state index contributed by atoms with van der Waals surface area (Å²) in [6, 6.07) is 7.45. The van der Waals surface area contributed by atoms with Crippen LogP contribution in [0.2, 0.25) is 0 Å². The van der Waals surface area contributed by atoms with Gasteiger partial charge >= 0.3 is 0 Å². The zero-order valence-corrected chi connectivity index (χ0v) is 11.6. The molecule has 1 aromatic carbocycles. The summed E-state index contributed by atoms with van der Waals surface area (Å²) in [5.74, 6) is 0.215. The smallest absolute Gasteiger partial charge is 0.224 e. The number of nitrogen functional groups attached to an aromatic ring is 2. The Morgan fingerprint density at radius 2 is 1.84 bits per heavy atom. The first-order valence-electron chi connectivity index (χ1n) is 5.28. The Morgan fingerprint density at radius 1 is 1.21 bits per heavy atom. The van der Waals surface area contributed by atoms with Gasteiger partial charge in [0.1, 0.15) is 0 Å². The lowest BCUT2D eigenvalue weighted by molar-refractivity contribution is 1.09. The maximum Gasteiger partial charge on any atom is 0.224 e. The van der Waals surface area contributed by atoms with E-state index in [1.807, 2.05) is 24.3 Å². The minimum Gasteiger partial charge on any atom is -0.382 e. The summed E-state index contributed by atoms with van der Waals surface area (Å²) in [6.07, 6.45) is 0. The summed E-state index contributed by atoms with van der Waals surface area (Å²) in [7, 11) is 1.74. The van der Waals surface area contributed by atoms with E-state index < -0.39 is 0 Å². The van der Waals surface area contributed by atoms with Crippen molar-refractivity contribution in [3.8, 4) is 0 Å². The van der Waals surface area contributed by atoms with E-state index in [1.54, 1.807) is 11.9 Å². The van der Waals surface area contributed by atoms with E-state index in [4.69, 9.17) is 11.5 Å². The van der Waals surface area contributed by atoms with Crippen molar-refractivity contribution in [2.75, 3.05) is 23.4 Å². The summed E-state index contributed by atoms with van der Waals surface area (Å²) in [4.78, 5) is 20.3. The normalized spacial score (nSPS) is 10.2. The van der Waals surface area contributed by atoms with E-state index in [2.05, 4.69) is 31.1 Å². The SMILES string of the molecule is CN(c1ccc(Br)cc1)c1nc(N)nc(N)c1N=O. The van der Waals surface area contributed by atoms with Crippen LogP contribution in [0.4, 0.5) is 29.0 Å². The molecule has 0 saturated heterocycles. The summed E-state index contributed by atoms with van der Waals surface area (Å²) in [5, 5.41) is 2.87. The van der Waals surface area contributed by atoms with Crippen LogP contribution in [0.3, 0.4) is 0 Å². The van der Waals surface area contributed by atoms with Crippen LogP contribution in [0, 0.1) is 4.91 Å². The quantitative estimate of drug-likeness (QED) is 0.840. The first-order chi connectivity index (χ1) is 9.02. The summed E-state index contributed by atoms with van der Waals surface area (Å²) >= 11 is 3.35. The molecule has 8 heteroatoms. The van der Waals surface area contributed by atoms with Crippen molar-refractivity contribution in [2.45, 2.75) is 0 Å². The second kappa shape index (κ2) is 5.19. The van der Waals surface area contributed by atoms with Gasteiger partial charge in [-0.3, -0.25) is 0 Å². The van der Waals surface area contributed by atoms with Gasteiger partial charge in [0, 0.05) is 17.2 Å². The molecule has 0 fully saturated rings. The number of hydrogen-bond donors (Lipinski definition) is 2. The van der Waals surface area contributed by atoms with Crippen LogP contribution in [0.5, 0.6) is 0 Å². The van der Waals surface area contributed by atoms with Crippen LogP contribution >= 0.6 is 15.9 Å². The van der Waals surface area contributed by atoms with Crippen molar-refractivity contribution in [1.29, 1.82) is 0 Å². The Hall–Kier alpha value is -2.22. The van der Waals surface area contributed by atoms with E-state index in [1.165, 1.54) is 0 Å². The fourth-order valence-corrected chi connectivity index (χ4v) is 1.85. The number of benzene rings is 1. The van der Waals surface area contributed by atoms with Gasteiger partial charge in [-0.25, -0.2) is 0 Å². The number of anilines is 4. The van der Waals surface area contributed by atoms with Crippen LogP contribution in [0.1, 0.15) is 0 Å². The molecule has 4 N–H and O–H groups in total. The first-order valence-corrected chi connectivity index (χ1v) is 6.08. The van der Waals surface area contributed by atoms with Crippen LogP contribution in [-0.2, 0) is 0 Å². The molecule has 0 aliphatic heterocycles. The third-order valence-electron chi connectivity index (χ3n) is 2.53. The Kier molecular flexibility index (Phi) is 3.61. The van der Waals surface area contributed by atoms with Crippen molar-refractivity contribution < 1.29 is 0 Å². The van der Waals surface area contributed by atoms with Gasteiger partial charge in [0.15, 0.2) is 17.3 Å². The third-order valence-corrected chi connectivity index (χ3v) is 3.06. The van der Waals surface area contributed by atoms with Gasteiger partial charge in [0.2, 0.25) is 5.95 Å². The summed E-state index contributed by atoms with van der Waals surface area (Å²) < 4.78 is 0.945. The number of halogens is 1. The Labute approximate surface area is 117 Å². The average molecular weight is 323 g/mol. The molecule has 0 saturated carbocycles. The van der Waals surface area contributed by atoms with Gasteiger partial charge in [-0.2, -0.15) is 9.97 Å². The first kappa shape index (κ1) is 13.2. The van der Waals surface area contributed by atoms with Gasteiger partial charge in [-0.1, -0.05) is 15.9 Å². The van der Waals surface area contributed by atoms with E-state index in [9.17, 15) is 4.91 Å². The second-order valence-corrected chi connectivity index (χ2v) is 4.68. The van der Waals surface area contributed by atoms with Crippen LogP contribution in [0.25, 0.3) is 0 Å². The van der Waals surface area contributed by atoms with E-state index >= 15 is 0 Å². The van der Waals surface area contributed by atoms with Crippen molar-refractivity contribution >= 4 is 44.9 Å². The Morgan fingerprint density at radius 3 is 2.42 bits per heavy atom. The number of hydrogen-bond acceptors (Lipinski definition) is 7. The highest BCUT2D eigenvalue weighted by Crippen LogP contribution is 2.35. The molecule has 0 radical (unpaired) electrons. The zero-order chi connectivity index (χ0) is 14.0. The van der Waals surface area contributed by atoms with Gasteiger partial charge in [-0.15, -0.1) is 4.91 Å². The number of rotatable bonds is 3. The van der Waals surface area contributed by atoms with E-state index in [0.717, 1.165) is 10.2 Å². The highest BCUT2D eigenvalue weighted by atomic mass is 79.9. The third kappa shape index (κ3) is 2.63. The molecule has 0 aliphatic rings. The predicted octanol–water partition coefficient (Wildman–Crippen LogP) is 2.57. The second-order valence-electron chi connectivity index (χ2n) is 3.77. The molecule has 0 aliphatic carbocycles. The lowest BCUT2D eigenvalue weighted by Gasteiger charge is -2.19. The lowest BCUT2D eigenvalue weighted by atomic mass is 10.3. The zero-order valence-electron chi connectivity index (χ0n) is 10.0. The van der Waals surface area contributed by atoms with E-state index in [0.29, 0.717) is 0 Å². The summed E-state index contributed by atoms with van der Waals surface area (Å²) in [5.41, 5.74) is 11.9. The van der Waals surface area contributed by atoms with Crippen LogP contribution in [0.15, 0.2) is 33.9 Å². The monoisotopic (exact) mass is 322 g/mol. The topological polar surface area (TPSA) is 110 Å². The van der Waals surface area contributed by atoms with Crippen molar-refractivity contribution in [3.05, 3.63) is 33.6 Å². The molecule has 0 unspecified atom stereocenters. The largest absolute Gasteiger partial charge is 0.382 e. The van der Waals surface area contributed by atoms with Gasteiger partial charge < -0.3 is 16.4 Å². The number of nitroso groups, excluding NO2 is 1. The van der Waals surface area contributed by atoms with Gasteiger partial charge in [0.05, 0.1) is 0 Å². The van der Waals surface area contributed by atoms with Crippen molar-refractivity contribution in [2.24, 2.45) is 5.18 Å². The molecule has 1 heterocycles. The van der Waals surface area contributed by atoms with Gasteiger partial charge in [0.25, 0.3) is 0 Å². The fraction of sp³-hybridized carbons (Fsp3) is 0.0909. The molecule has 19 heavy (non-hydrogen) atoms. The Balaban J connectivity index is 2.51. The lowest BCUT2D eigenvalue weighted by Crippen LogP contribution is -2.14. The summed E-state index contributed by atoms with van der Waals surface area (Å²) in [6.45, 7) is 0. The number of aromatic nitrogens is 2. The molecule has 0 atom stereocenters. The van der Waals surface area contributed by atoms with Crippen LogP contribution < -0.4 is 16.4 Å². The number of nitrogens with zero attached hydrogens (tertiary/aromatic N) is 4. The van der Waals surface area contributed by atoms with Crippen molar-refractivity contribution in [3.63, 3.8) is 0 Å². The number of nitrogens with two attached hydrogens (primary N) is 2. The highest BCUT2D eigenvalue weighted by molar-refractivity contribution is 9.10. The maximum atomic E-state index is 10.9. The molecular weight excluding hydrogens is 312 g/mol. The molecule has 0 spiro atoms. The molecule has 2 aromatic rings. The maximum absolute atomic E-state index is 10.9. The molecule has 1 aromatic heterocycles. The van der Waals surface area contributed by atoms with E-state index in [-0.39, 0.29) is 23.3 Å². The minimum absolute atomic E-state index is 0.0103. The molecule has 7 nitrogen and oxygen atoms in total. The van der Waals surface area contributed by atoms with Gasteiger partial charge in [-0.05, 0) is 29.4 Å². The fourth-order valence-electron chi connectivity index (χ4n) is 1.59. The standard InChI is InChI=1S/C11H11BrN6O/c1-18(7-4-2-6(12)3-5-7)10-8(17-19)9(13)15-11(14)16-10/h2-5H,1H3,(H4,13,14,15,16). The van der Waals surface area contributed by atoms with Crippen molar-refractivity contribution in [1.82, 2.24) is 9.97 Å². The minimum atomic E-state index is -0.0403. The molecule has 2 rings (SSSR count). The Bertz CT molecular complexity index is 615. The molecule has 0 amide bonds. The molecular formula is C11H11BrN6O. The predicted molar refractivity (Wildman–Crippen MR) is 78.5 cm³/mol. The van der Waals surface area contributed by atoms with Crippen LogP contribution in [-0.4, -0.2) is 17.0 Å². The average Bonchev–Trinajstić information content (AvgIpc) is 2.38. The molecule has 0 bridgehead atoms. The highest BCUT2D eigenvalue weighted by Gasteiger charge is 2.17.